The molecule has 0 unspecified atom stereocenters. The molecule has 0 saturated heterocycles. The molecule has 6 heteroatoms. The van der Waals surface area contributed by atoms with E-state index in [1.54, 1.807) is 35.7 Å². The van der Waals surface area contributed by atoms with E-state index in [4.69, 9.17) is 0 Å². The highest BCUT2D eigenvalue weighted by molar-refractivity contribution is 7.91. The first-order chi connectivity index (χ1) is 12.9. The van der Waals surface area contributed by atoms with Crippen LogP contribution >= 0.6 is 11.3 Å². The van der Waals surface area contributed by atoms with Gasteiger partial charge in [-0.2, -0.15) is 0 Å². The third-order valence-corrected chi connectivity index (χ3v) is 7.95. The summed E-state index contributed by atoms with van der Waals surface area (Å²) >= 11 is 1.40. The van der Waals surface area contributed by atoms with Crippen molar-refractivity contribution in [2.45, 2.75) is 36.0 Å². The van der Waals surface area contributed by atoms with E-state index in [2.05, 4.69) is 11.4 Å². The Bertz CT molecular complexity index is 1130. The van der Waals surface area contributed by atoms with E-state index in [-0.39, 0.29) is 21.6 Å². The molecule has 0 saturated carbocycles. The molecule has 4 rings (SSSR count). The largest absolute Gasteiger partial charge is 0.324 e. The Kier molecular flexibility index (Phi) is 4.40. The highest BCUT2D eigenvalue weighted by atomic mass is 32.2. The molecule has 138 valence electrons. The van der Waals surface area contributed by atoms with Crippen molar-refractivity contribution in [2.75, 3.05) is 5.32 Å². The minimum atomic E-state index is -3.69. The van der Waals surface area contributed by atoms with Crippen LogP contribution in [0.5, 0.6) is 0 Å². The molecule has 2 heterocycles. The number of anilines is 1. The van der Waals surface area contributed by atoms with E-state index in [1.165, 1.54) is 11.3 Å². The van der Waals surface area contributed by atoms with Gasteiger partial charge in [-0.1, -0.05) is 42.0 Å². The van der Waals surface area contributed by atoms with Crippen molar-refractivity contribution in [3.63, 3.8) is 0 Å². The van der Waals surface area contributed by atoms with Crippen LogP contribution in [0, 0.1) is 13.8 Å². The number of rotatable bonds is 3. The molecule has 0 spiro atoms. The normalized spacial score (nSPS) is 16.7. The third-order valence-electron chi connectivity index (χ3n) is 4.91. The molecule has 0 radical (unpaired) electrons. The lowest BCUT2D eigenvalue weighted by molar-refractivity contribution is -0.116. The second kappa shape index (κ2) is 6.62. The monoisotopic (exact) mass is 397 g/mol. The minimum absolute atomic E-state index is 0.127. The van der Waals surface area contributed by atoms with Crippen LogP contribution in [0.3, 0.4) is 0 Å². The molecule has 0 bridgehead atoms. The summed E-state index contributed by atoms with van der Waals surface area (Å²) in [6.07, 6.45) is 0.322. The van der Waals surface area contributed by atoms with Crippen molar-refractivity contribution in [1.29, 1.82) is 0 Å². The van der Waals surface area contributed by atoms with Gasteiger partial charge in [0.25, 0.3) is 0 Å². The average molecular weight is 398 g/mol. The van der Waals surface area contributed by atoms with Gasteiger partial charge in [-0.05, 0) is 37.1 Å². The summed E-state index contributed by atoms with van der Waals surface area (Å²) < 4.78 is 26.2. The summed E-state index contributed by atoms with van der Waals surface area (Å²) in [4.78, 5) is 13.7. The molecule has 1 aliphatic heterocycles. The standard InChI is InChI=1S/C21H19NO3S2/c1-13-8-9-14(2)16(10-13)17-11-19(23)22-20-18(12-26-21(17)20)27(24,25)15-6-4-3-5-7-15/h3-10,12,17H,11H2,1-2H3,(H,22,23)/t17-/m0/s1. The van der Waals surface area contributed by atoms with Crippen molar-refractivity contribution < 1.29 is 13.2 Å². The van der Waals surface area contributed by atoms with Gasteiger partial charge in [0.1, 0.15) is 4.90 Å². The zero-order valence-corrected chi connectivity index (χ0v) is 16.7. The second-order valence-electron chi connectivity index (χ2n) is 6.82. The predicted octanol–water partition coefficient (Wildman–Crippen LogP) is 4.67. The molecule has 1 amide bonds. The summed E-state index contributed by atoms with van der Waals surface area (Å²) in [7, 11) is -3.69. The number of sulfone groups is 1. The molecule has 27 heavy (non-hydrogen) atoms. The van der Waals surface area contributed by atoms with Crippen LogP contribution in [0.15, 0.2) is 63.7 Å². The maximum absolute atomic E-state index is 13.1. The molecule has 0 fully saturated rings. The van der Waals surface area contributed by atoms with Crippen molar-refractivity contribution in [3.05, 3.63) is 75.5 Å². The van der Waals surface area contributed by atoms with Gasteiger partial charge in [-0.15, -0.1) is 11.3 Å². The Morgan fingerprint density at radius 1 is 1.07 bits per heavy atom. The van der Waals surface area contributed by atoms with Crippen molar-refractivity contribution >= 4 is 32.8 Å². The first kappa shape index (κ1) is 17.9. The van der Waals surface area contributed by atoms with Gasteiger partial charge in [0, 0.05) is 22.6 Å². The minimum Gasteiger partial charge on any atom is -0.324 e. The van der Waals surface area contributed by atoms with Gasteiger partial charge in [-0.25, -0.2) is 8.42 Å². The van der Waals surface area contributed by atoms with Crippen LogP contribution < -0.4 is 5.32 Å². The van der Waals surface area contributed by atoms with Crippen LogP contribution in [0.1, 0.15) is 33.9 Å². The van der Waals surface area contributed by atoms with Crippen LogP contribution in [0.4, 0.5) is 5.69 Å². The van der Waals surface area contributed by atoms with Crippen LogP contribution in [-0.2, 0) is 14.6 Å². The summed E-state index contributed by atoms with van der Waals surface area (Å²) in [6.45, 7) is 4.04. The number of fused-ring (bicyclic) bond motifs is 1. The highest BCUT2D eigenvalue weighted by Gasteiger charge is 2.34. The predicted molar refractivity (Wildman–Crippen MR) is 107 cm³/mol. The lowest BCUT2D eigenvalue weighted by Gasteiger charge is -2.25. The molecule has 0 aliphatic carbocycles. The Morgan fingerprint density at radius 3 is 2.56 bits per heavy atom. The Labute approximate surface area is 162 Å². The van der Waals surface area contributed by atoms with Crippen LogP contribution in [-0.4, -0.2) is 14.3 Å². The van der Waals surface area contributed by atoms with E-state index in [1.807, 2.05) is 26.0 Å². The van der Waals surface area contributed by atoms with Crippen molar-refractivity contribution in [3.8, 4) is 0 Å². The lowest BCUT2D eigenvalue weighted by atomic mass is 9.87. The first-order valence-electron chi connectivity index (χ1n) is 8.66. The zero-order chi connectivity index (χ0) is 19.2. The van der Waals surface area contributed by atoms with E-state index < -0.39 is 9.84 Å². The number of amides is 1. The molecule has 1 aromatic heterocycles. The lowest BCUT2D eigenvalue weighted by Crippen LogP contribution is -2.24. The summed E-state index contributed by atoms with van der Waals surface area (Å²) in [5.74, 6) is -0.283. The fourth-order valence-electron chi connectivity index (χ4n) is 3.52. The molecule has 1 aliphatic rings. The van der Waals surface area contributed by atoms with Crippen LogP contribution in [0.2, 0.25) is 0 Å². The molecular formula is C21H19NO3S2. The van der Waals surface area contributed by atoms with Gasteiger partial charge >= 0.3 is 0 Å². The Hall–Kier alpha value is -2.44. The fraction of sp³-hybridized carbons (Fsp3) is 0.190. The summed E-state index contributed by atoms with van der Waals surface area (Å²) in [6, 6.07) is 14.5. The van der Waals surface area contributed by atoms with Crippen molar-refractivity contribution in [2.24, 2.45) is 0 Å². The number of benzene rings is 2. The highest BCUT2D eigenvalue weighted by Crippen LogP contribution is 2.46. The molecule has 1 N–H and O–H groups in total. The van der Waals surface area contributed by atoms with E-state index in [9.17, 15) is 13.2 Å². The number of thiophene rings is 1. The molecule has 1 atom stereocenters. The Morgan fingerprint density at radius 2 is 1.81 bits per heavy atom. The number of aryl methyl sites for hydroxylation is 2. The van der Waals surface area contributed by atoms with E-state index in [0.717, 1.165) is 21.6 Å². The molecule has 2 aromatic carbocycles. The molecule has 3 aromatic rings. The Balaban J connectivity index is 1.87. The first-order valence-corrected chi connectivity index (χ1v) is 11.0. The number of carbonyl (C=O) groups excluding carboxylic acids is 1. The third kappa shape index (κ3) is 3.09. The molecule has 4 nitrogen and oxygen atoms in total. The number of carbonyl (C=O) groups is 1. The van der Waals surface area contributed by atoms with Gasteiger partial charge in [-0.3, -0.25) is 4.79 Å². The second-order valence-corrected chi connectivity index (χ2v) is 9.65. The zero-order valence-electron chi connectivity index (χ0n) is 15.0. The molecular weight excluding hydrogens is 378 g/mol. The summed E-state index contributed by atoms with van der Waals surface area (Å²) in [5, 5.41) is 4.46. The quantitative estimate of drug-likeness (QED) is 0.698. The summed E-state index contributed by atoms with van der Waals surface area (Å²) in [5.41, 5.74) is 3.74. The van der Waals surface area contributed by atoms with Gasteiger partial charge in [0.05, 0.1) is 10.6 Å². The number of hydrogen-bond donors (Lipinski definition) is 1. The number of hydrogen-bond acceptors (Lipinski definition) is 4. The SMILES string of the molecule is Cc1ccc(C)c([C@@H]2CC(=O)Nc3c(S(=O)(=O)c4ccccc4)csc32)c1. The van der Waals surface area contributed by atoms with Crippen LogP contribution in [0.25, 0.3) is 0 Å². The average Bonchev–Trinajstić information content (AvgIpc) is 3.08. The van der Waals surface area contributed by atoms with E-state index in [0.29, 0.717) is 12.1 Å². The number of nitrogens with one attached hydrogen (secondary N) is 1. The van der Waals surface area contributed by atoms with Gasteiger partial charge in [0.2, 0.25) is 15.7 Å². The van der Waals surface area contributed by atoms with Crippen molar-refractivity contribution in [1.82, 2.24) is 0 Å². The smallest absolute Gasteiger partial charge is 0.225 e. The van der Waals surface area contributed by atoms with Gasteiger partial charge < -0.3 is 5.32 Å². The fourth-order valence-corrected chi connectivity index (χ4v) is 6.44. The van der Waals surface area contributed by atoms with E-state index >= 15 is 0 Å². The maximum atomic E-state index is 13.1. The topological polar surface area (TPSA) is 63.2 Å². The van der Waals surface area contributed by atoms with Gasteiger partial charge in [0.15, 0.2) is 0 Å². The maximum Gasteiger partial charge on any atom is 0.225 e.